The summed E-state index contributed by atoms with van der Waals surface area (Å²) in [6, 6.07) is 0. The summed E-state index contributed by atoms with van der Waals surface area (Å²) in [5.41, 5.74) is 0.915. The van der Waals surface area contributed by atoms with Crippen molar-refractivity contribution in [3.05, 3.63) is 23.2 Å². The molecule has 2 aromatic heterocycles. The first kappa shape index (κ1) is 11.0. The van der Waals surface area contributed by atoms with Gasteiger partial charge in [0, 0.05) is 23.3 Å². The zero-order valence-electron chi connectivity index (χ0n) is 8.86. The number of thioether (sulfide) groups is 1. The lowest BCUT2D eigenvalue weighted by atomic mass is 10.3. The van der Waals surface area contributed by atoms with Gasteiger partial charge in [0.2, 0.25) is 0 Å². The van der Waals surface area contributed by atoms with Crippen LogP contribution in [0.2, 0.25) is 0 Å². The smallest absolute Gasteiger partial charge is 0.169 e. The van der Waals surface area contributed by atoms with Gasteiger partial charge in [-0.25, -0.2) is 9.97 Å². The van der Waals surface area contributed by atoms with E-state index in [9.17, 15) is 0 Å². The highest BCUT2D eigenvalue weighted by Crippen LogP contribution is 2.33. The summed E-state index contributed by atoms with van der Waals surface area (Å²) >= 11 is 5.13. The molecule has 2 rings (SSSR count). The van der Waals surface area contributed by atoms with Crippen molar-refractivity contribution in [2.24, 2.45) is 0 Å². The first-order valence-corrected chi connectivity index (χ1v) is 6.25. The van der Waals surface area contributed by atoms with E-state index in [-0.39, 0.29) is 4.75 Å². The number of fused-ring (bicyclic) bond motifs is 1. The molecular formula is C10H12BrN3S. The van der Waals surface area contributed by atoms with E-state index in [1.807, 2.05) is 16.8 Å². The van der Waals surface area contributed by atoms with Gasteiger partial charge in [-0.1, -0.05) is 32.5 Å². The minimum atomic E-state index is 0.139. The normalized spacial score (nSPS) is 12.3. The van der Waals surface area contributed by atoms with Crippen molar-refractivity contribution >= 4 is 33.3 Å². The Kier molecular flexibility index (Phi) is 2.77. The standard InChI is InChI=1S/C10H12BrN3S/c1-10(2,3)15-9-8-12-4-5-14(8)6-7(11)13-9/h4-6H,1-3H3. The molecule has 2 aromatic rings. The molecule has 0 atom stereocenters. The van der Waals surface area contributed by atoms with Crippen molar-refractivity contribution in [1.82, 2.24) is 14.4 Å². The van der Waals surface area contributed by atoms with Crippen molar-refractivity contribution in [3.63, 3.8) is 0 Å². The summed E-state index contributed by atoms with van der Waals surface area (Å²) in [5.74, 6) is 0. The number of rotatable bonds is 1. The molecule has 2 heterocycles. The predicted octanol–water partition coefficient (Wildman–Crippen LogP) is 3.38. The molecule has 80 valence electrons. The van der Waals surface area contributed by atoms with Crippen LogP contribution in [0.1, 0.15) is 20.8 Å². The zero-order valence-corrected chi connectivity index (χ0v) is 11.3. The number of hydrogen-bond donors (Lipinski definition) is 0. The molecule has 0 aliphatic carbocycles. The average Bonchev–Trinajstić information content (AvgIpc) is 2.48. The molecule has 0 unspecified atom stereocenters. The van der Waals surface area contributed by atoms with Crippen LogP contribution >= 0.6 is 27.7 Å². The van der Waals surface area contributed by atoms with Crippen LogP contribution in [0.25, 0.3) is 5.65 Å². The van der Waals surface area contributed by atoms with Crippen molar-refractivity contribution in [2.75, 3.05) is 0 Å². The van der Waals surface area contributed by atoms with Crippen LogP contribution in [0.4, 0.5) is 0 Å². The Morgan fingerprint density at radius 3 is 2.80 bits per heavy atom. The number of nitrogens with zero attached hydrogens (tertiary/aromatic N) is 3. The van der Waals surface area contributed by atoms with Gasteiger partial charge in [-0.2, -0.15) is 0 Å². The van der Waals surface area contributed by atoms with Gasteiger partial charge in [0.05, 0.1) is 0 Å². The summed E-state index contributed by atoms with van der Waals surface area (Å²) in [6.45, 7) is 6.50. The molecule has 0 aromatic carbocycles. The Hall–Kier alpha value is -0.550. The SMILES string of the molecule is CC(C)(C)Sc1nc(Br)cn2ccnc12. The zero-order chi connectivity index (χ0) is 11.1. The van der Waals surface area contributed by atoms with Gasteiger partial charge in [-0.3, -0.25) is 0 Å². The monoisotopic (exact) mass is 285 g/mol. The third-order valence-corrected chi connectivity index (χ3v) is 3.18. The van der Waals surface area contributed by atoms with Crippen molar-refractivity contribution < 1.29 is 0 Å². The van der Waals surface area contributed by atoms with E-state index in [1.54, 1.807) is 18.0 Å². The van der Waals surface area contributed by atoms with Gasteiger partial charge in [-0.15, -0.1) is 0 Å². The van der Waals surface area contributed by atoms with Gasteiger partial charge in [0.15, 0.2) is 5.65 Å². The molecule has 5 heteroatoms. The summed E-state index contributed by atoms with van der Waals surface area (Å²) < 4.78 is 2.95. The highest BCUT2D eigenvalue weighted by molar-refractivity contribution is 9.10. The first-order valence-electron chi connectivity index (χ1n) is 4.64. The van der Waals surface area contributed by atoms with Crippen LogP contribution in [0.3, 0.4) is 0 Å². The fraction of sp³-hybridized carbons (Fsp3) is 0.400. The van der Waals surface area contributed by atoms with E-state index in [2.05, 4.69) is 46.7 Å². The number of hydrogen-bond acceptors (Lipinski definition) is 3. The molecule has 0 fully saturated rings. The number of imidazole rings is 1. The molecule has 0 N–H and O–H groups in total. The topological polar surface area (TPSA) is 30.2 Å². The molecule has 0 aliphatic heterocycles. The van der Waals surface area contributed by atoms with E-state index < -0.39 is 0 Å². The van der Waals surface area contributed by atoms with Crippen molar-refractivity contribution in [3.8, 4) is 0 Å². The Bertz CT molecular complexity index is 487. The molecule has 3 nitrogen and oxygen atoms in total. The van der Waals surface area contributed by atoms with Crippen LogP contribution in [-0.4, -0.2) is 19.1 Å². The molecular weight excluding hydrogens is 274 g/mol. The van der Waals surface area contributed by atoms with E-state index >= 15 is 0 Å². The summed E-state index contributed by atoms with van der Waals surface area (Å²) in [6.07, 6.45) is 5.62. The maximum absolute atomic E-state index is 4.46. The molecule has 0 amide bonds. The second-order valence-corrected chi connectivity index (χ2v) is 6.87. The summed E-state index contributed by atoms with van der Waals surface area (Å²) in [7, 11) is 0. The molecule has 15 heavy (non-hydrogen) atoms. The maximum Gasteiger partial charge on any atom is 0.169 e. The average molecular weight is 286 g/mol. The van der Waals surface area contributed by atoms with Crippen LogP contribution in [-0.2, 0) is 0 Å². The third-order valence-electron chi connectivity index (χ3n) is 1.72. The van der Waals surface area contributed by atoms with Gasteiger partial charge in [0.25, 0.3) is 0 Å². The Morgan fingerprint density at radius 1 is 1.40 bits per heavy atom. The predicted molar refractivity (Wildman–Crippen MR) is 66.3 cm³/mol. The quantitative estimate of drug-likeness (QED) is 0.753. The Balaban J connectivity index is 2.53. The van der Waals surface area contributed by atoms with Gasteiger partial charge < -0.3 is 4.40 Å². The fourth-order valence-corrected chi connectivity index (χ4v) is 2.72. The molecule has 0 saturated heterocycles. The third kappa shape index (κ3) is 2.52. The number of halogens is 1. The van der Waals surface area contributed by atoms with Gasteiger partial charge in [0.1, 0.15) is 9.63 Å². The maximum atomic E-state index is 4.46. The van der Waals surface area contributed by atoms with Crippen LogP contribution in [0.5, 0.6) is 0 Å². The molecule has 0 aliphatic rings. The summed E-state index contributed by atoms with van der Waals surface area (Å²) in [5, 5.41) is 0.960. The molecule has 0 radical (unpaired) electrons. The van der Waals surface area contributed by atoms with Crippen LogP contribution < -0.4 is 0 Å². The van der Waals surface area contributed by atoms with E-state index in [0.717, 1.165) is 15.3 Å². The lowest BCUT2D eigenvalue weighted by molar-refractivity contribution is 0.798. The second-order valence-electron chi connectivity index (χ2n) is 4.24. The minimum absolute atomic E-state index is 0.139. The highest BCUT2D eigenvalue weighted by atomic mass is 79.9. The molecule has 0 bridgehead atoms. The molecule has 0 saturated carbocycles. The van der Waals surface area contributed by atoms with Crippen LogP contribution in [0, 0.1) is 0 Å². The second kappa shape index (κ2) is 3.79. The first-order chi connectivity index (χ1) is 6.96. The molecule has 0 spiro atoms. The van der Waals surface area contributed by atoms with Crippen molar-refractivity contribution in [1.29, 1.82) is 0 Å². The minimum Gasteiger partial charge on any atom is -0.302 e. The highest BCUT2D eigenvalue weighted by Gasteiger charge is 2.16. The summed E-state index contributed by atoms with van der Waals surface area (Å²) in [4.78, 5) is 8.76. The van der Waals surface area contributed by atoms with E-state index in [1.165, 1.54) is 0 Å². The lowest BCUT2D eigenvalue weighted by Gasteiger charge is -2.17. The van der Waals surface area contributed by atoms with Crippen LogP contribution in [0.15, 0.2) is 28.2 Å². The Morgan fingerprint density at radius 2 is 2.13 bits per heavy atom. The number of aromatic nitrogens is 3. The largest absolute Gasteiger partial charge is 0.302 e. The van der Waals surface area contributed by atoms with Crippen molar-refractivity contribution in [2.45, 2.75) is 30.5 Å². The van der Waals surface area contributed by atoms with E-state index in [0.29, 0.717) is 0 Å². The van der Waals surface area contributed by atoms with E-state index in [4.69, 9.17) is 0 Å². The van der Waals surface area contributed by atoms with Gasteiger partial charge in [-0.05, 0) is 15.9 Å². The van der Waals surface area contributed by atoms with Gasteiger partial charge >= 0.3 is 0 Å². The Labute approximate surface area is 101 Å². The fourth-order valence-electron chi connectivity index (χ4n) is 1.23. The lowest BCUT2D eigenvalue weighted by Crippen LogP contribution is -2.08.